The molecule has 30 heavy (non-hydrogen) atoms. The second-order valence-corrected chi connectivity index (χ2v) is 7.76. The van der Waals surface area contributed by atoms with E-state index < -0.39 is 0 Å². The Balaban J connectivity index is 1.50. The quantitative estimate of drug-likeness (QED) is 0.561. The molecule has 2 aliphatic heterocycles. The molecule has 1 aromatic heterocycles. The summed E-state index contributed by atoms with van der Waals surface area (Å²) >= 11 is 0. The molecule has 154 valence electrons. The Morgan fingerprint density at radius 3 is 2.47 bits per heavy atom. The monoisotopic (exact) mass is 402 g/mol. The van der Waals surface area contributed by atoms with Gasteiger partial charge in [-0.25, -0.2) is 5.43 Å². The van der Waals surface area contributed by atoms with Gasteiger partial charge in [-0.2, -0.15) is 9.97 Å². The van der Waals surface area contributed by atoms with Gasteiger partial charge in [-0.05, 0) is 17.5 Å². The molecule has 0 bridgehead atoms. The Morgan fingerprint density at radius 2 is 1.73 bits per heavy atom. The molecule has 0 amide bonds. The molecule has 3 heterocycles. The summed E-state index contributed by atoms with van der Waals surface area (Å²) < 4.78 is 0. The first-order valence-corrected chi connectivity index (χ1v) is 10.4. The maximum Gasteiger partial charge on any atom is 0.229 e. The van der Waals surface area contributed by atoms with E-state index in [1.165, 1.54) is 5.56 Å². The van der Waals surface area contributed by atoms with Gasteiger partial charge in [0.2, 0.25) is 5.95 Å². The summed E-state index contributed by atoms with van der Waals surface area (Å²) in [4.78, 5) is 14.2. The molecule has 3 aromatic rings. The van der Waals surface area contributed by atoms with Crippen molar-refractivity contribution >= 4 is 17.6 Å². The van der Waals surface area contributed by atoms with Crippen molar-refractivity contribution in [3.8, 4) is 0 Å². The highest BCUT2D eigenvalue weighted by Gasteiger charge is 2.35. The molecule has 0 fully saturated rings. The first-order chi connectivity index (χ1) is 14.8. The zero-order valence-electron chi connectivity index (χ0n) is 16.8. The predicted octanol–water partition coefficient (Wildman–Crippen LogP) is 2.86. The van der Waals surface area contributed by atoms with E-state index in [9.17, 15) is 5.11 Å². The molecule has 0 radical (unpaired) electrons. The molecule has 0 saturated carbocycles. The van der Waals surface area contributed by atoms with Crippen LogP contribution in [0.2, 0.25) is 0 Å². The van der Waals surface area contributed by atoms with Crippen molar-refractivity contribution in [2.75, 3.05) is 34.9 Å². The third-order valence-electron chi connectivity index (χ3n) is 5.70. The van der Waals surface area contributed by atoms with Crippen LogP contribution < -0.4 is 20.7 Å². The minimum Gasteiger partial charge on any atom is -0.395 e. The zero-order valence-corrected chi connectivity index (χ0v) is 16.8. The van der Waals surface area contributed by atoms with E-state index in [0.29, 0.717) is 19.0 Å². The van der Waals surface area contributed by atoms with Gasteiger partial charge in [0.05, 0.1) is 18.2 Å². The molecule has 3 N–H and O–H groups in total. The Labute approximate surface area is 176 Å². The number of aliphatic hydroxyl groups excluding tert-OH is 1. The average Bonchev–Trinajstić information content (AvgIpc) is 3.21. The maximum atomic E-state index is 9.66. The summed E-state index contributed by atoms with van der Waals surface area (Å²) in [5.41, 5.74) is 10.2. The Bertz CT molecular complexity index is 997. The van der Waals surface area contributed by atoms with E-state index in [1.807, 2.05) is 29.2 Å². The lowest BCUT2D eigenvalue weighted by molar-refractivity contribution is 0.300. The number of hydrogen-bond donors (Lipinski definition) is 3. The van der Waals surface area contributed by atoms with E-state index in [1.54, 1.807) is 0 Å². The molecule has 1 unspecified atom stereocenters. The highest BCUT2D eigenvalue weighted by atomic mass is 16.3. The number of aliphatic hydroxyl groups is 1. The second kappa shape index (κ2) is 8.30. The molecule has 2 aromatic carbocycles. The summed E-state index contributed by atoms with van der Waals surface area (Å²) in [6.45, 7) is 2.91. The Hall–Kier alpha value is -3.16. The van der Waals surface area contributed by atoms with Crippen LogP contribution in [0.1, 0.15) is 29.2 Å². The van der Waals surface area contributed by atoms with Crippen LogP contribution in [0.5, 0.6) is 0 Å². The van der Waals surface area contributed by atoms with Gasteiger partial charge in [0, 0.05) is 26.2 Å². The van der Waals surface area contributed by atoms with Gasteiger partial charge in [0.1, 0.15) is 5.82 Å². The van der Waals surface area contributed by atoms with Crippen LogP contribution in [0, 0.1) is 0 Å². The SMILES string of the molecule is OCCN(Cc1ccccc1)c1nc2c3c(n1)N(Cc1ccccc1)CCC3NN2. The summed E-state index contributed by atoms with van der Waals surface area (Å²) in [5, 5.41) is 9.66. The third kappa shape index (κ3) is 3.69. The molecule has 0 saturated heterocycles. The average molecular weight is 403 g/mol. The lowest BCUT2D eigenvalue weighted by atomic mass is 10.0. The fourth-order valence-electron chi connectivity index (χ4n) is 4.21. The standard InChI is InChI=1S/C23H26N6O/c30-14-13-29(16-18-9-5-2-6-10-18)23-24-21-20-19(26-27-21)11-12-28(22(20)25-23)15-17-7-3-1-4-8-17/h1-10,19,26,30H,11-16H2,(H,24,25,27). The smallest absolute Gasteiger partial charge is 0.229 e. The minimum atomic E-state index is 0.0463. The molecule has 1 atom stereocenters. The summed E-state index contributed by atoms with van der Waals surface area (Å²) in [7, 11) is 0. The van der Waals surface area contributed by atoms with Crippen molar-refractivity contribution in [2.24, 2.45) is 0 Å². The lowest BCUT2D eigenvalue weighted by Crippen LogP contribution is -2.35. The first-order valence-electron chi connectivity index (χ1n) is 10.4. The number of hydrazine groups is 1. The third-order valence-corrected chi connectivity index (χ3v) is 5.70. The van der Waals surface area contributed by atoms with Crippen LogP contribution in [-0.2, 0) is 13.1 Å². The number of nitrogens with zero attached hydrogens (tertiary/aromatic N) is 4. The fourth-order valence-corrected chi connectivity index (χ4v) is 4.21. The van der Waals surface area contributed by atoms with E-state index in [2.05, 4.69) is 52.1 Å². The van der Waals surface area contributed by atoms with Crippen molar-refractivity contribution in [3.63, 3.8) is 0 Å². The van der Waals surface area contributed by atoms with Gasteiger partial charge in [-0.1, -0.05) is 60.7 Å². The van der Waals surface area contributed by atoms with Crippen LogP contribution in [-0.4, -0.2) is 34.8 Å². The molecule has 0 aliphatic carbocycles. The van der Waals surface area contributed by atoms with Crippen molar-refractivity contribution in [3.05, 3.63) is 77.4 Å². The number of nitrogens with one attached hydrogen (secondary N) is 2. The van der Waals surface area contributed by atoms with Gasteiger partial charge in [0.15, 0.2) is 5.82 Å². The maximum absolute atomic E-state index is 9.66. The number of benzene rings is 2. The zero-order chi connectivity index (χ0) is 20.3. The lowest BCUT2D eigenvalue weighted by Gasteiger charge is -2.33. The van der Waals surface area contributed by atoms with Gasteiger partial charge < -0.3 is 20.3 Å². The van der Waals surface area contributed by atoms with E-state index >= 15 is 0 Å². The first kappa shape index (κ1) is 18.8. The van der Waals surface area contributed by atoms with Crippen molar-refractivity contribution in [1.29, 1.82) is 0 Å². The van der Waals surface area contributed by atoms with Crippen LogP contribution in [0.3, 0.4) is 0 Å². The molecule has 2 aliphatic rings. The molecule has 7 heteroatoms. The normalized spacial score (nSPS) is 16.8. The van der Waals surface area contributed by atoms with Crippen molar-refractivity contribution in [1.82, 2.24) is 15.4 Å². The Kier molecular flexibility index (Phi) is 5.21. The fraction of sp³-hybridized carbons (Fsp3) is 0.304. The minimum absolute atomic E-state index is 0.0463. The van der Waals surface area contributed by atoms with Gasteiger partial charge >= 0.3 is 0 Å². The number of anilines is 3. The topological polar surface area (TPSA) is 76.5 Å². The van der Waals surface area contributed by atoms with Gasteiger partial charge in [0.25, 0.3) is 0 Å². The molecular formula is C23H26N6O. The molecule has 5 rings (SSSR count). The second-order valence-electron chi connectivity index (χ2n) is 7.76. The van der Waals surface area contributed by atoms with Crippen molar-refractivity contribution in [2.45, 2.75) is 25.6 Å². The number of aromatic nitrogens is 2. The number of hydrogen-bond acceptors (Lipinski definition) is 7. The highest BCUT2D eigenvalue weighted by molar-refractivity contribution is 5.67. The van der Waals surface area contributed by atoms with Gasteiger partial charge in [-0.15, -0.1) is 0 Å². The van der Waals surface area contributed by atoms with E-state index in [0.717, 1.165) is 42.3 Å². The van der Waals surface area contributed by atoms with Gasteiger partial charge in [-0.3, -0.25) is 0 Å². The van der Waals surface area contributed by atoms with Crippen LogP contribution >= 0.6 is 0 Å². The van der Waals surface area contributed by atoms with E-state index in [-0.39, 0.29) is 12.6 Å². The Morgan fingerprint density at radius 1 is 1.00 bits per heavy atom. The molecule has 7 nitrogen and oxygen atoms in total. The number of rotatable bonds is 7. The summed E-state index contributed by atoms with van der Waals surface area (Å²) in [6.07, 6.45) is 1.01. The van der Waals surface area contributed by atoms with E-state index in [4.69, 9.17) is 9.97 Å². The summed E-state index contributed by atoms with van der Waals surface area (Å²) in [5.74, 6) is 2.45. The molecular weight excluding hydrogens is 376 g/mol. The highest BCUT2D eigenvalue weighted by Crippen LogP contribution is 2.41. The van der Waals surface area contributed by atoms with Crippen LogP contribution in [0.4, 0.5) is 17.6 Å². The van der Waals surface area contributed by atoms with Crippen LogP contribution in [0.15, 0.2) is 60.7 Å². The van der Waals surface area contributed by atoms with Crippen LogP contribution in [0.25, 0.3) is 0 Å². The largest absolute Gasteiger partial charge is 0.395 e. The molecule has 0 spiro atoms. The summed E-state index contributed by atoms with van der Waals surface area (Å²) in [6, 6.07) is 20.9. The predicted molar refractivity (Wildman–Crippen MR) is 118 cm³/mol. The van der Waals surface area contributed by atoms with Crippen molar-refractivity contribution < 1.29 is 5.11 Å².